The summed E-state index contributed by atoms with van der Waals surface area (Å²) >= 11 is 6.73. The van der Waals surface area contributed by atoms with Gasteiger partial charge in [0.2, 0.25) is 0 Å². The first-order chi connectivity index (χ1) is 8.37. The fraction of sp³-hybridized carbons (Fsp3) is 0.273. The van der Waals surface area contributed by atoms with Crippen LogP contribution in [0, 0.1) is 0 Å². The van der Waals surface area contributed by atoms with E-state index in [2.05, 4.69) is 4.98 Å². The Kier molecular flexibility index (Phi) is 2.22. The topological polar surface area (TPSA) is 50.2 Å². The second-order valence-electron chi connectivity index (χ2n) is 4.22. The van der Waals surface area contributed by atoms with E-state index in [1.165, 1.54) is 6.07 Å². The van der Waals surface area contributed by atoms with Crippen LogP contribution in [-0.2, 0) is 10.2 Å². The van der Waals surface area contributed by atoms with E-state index in [1.54, 1.807) is 12.1 Å². The summed E-state index contributed by atoms with van der Waals surface area (Å²) in [7, 11) is 0. The summed E-state index contributed by atoms with van der Waals surface area (Å²) < 4.78 is 27.4. The minimum Gasteiger partial charge on any atom is -0.480 e. The Hall–Kier alpha value is -1.27. The molecule has 0 saturated heterocycles. The van der Waals surface area contributed by atoms with Gasteiger partial charge in [0.1, 0.15) is 5.15 Å². The number of aliphatic carboxylic acids is 1. The lowest BCUT2D eigenvalue weighted by molar-refractivity contribution is -0.142. The number of pyridine rings is 1. The number of hydrogen-bond acceptors (Lipinski definition) is 3. The van der Waals surface area contributed by atoms with E-state index in [-0.39, 0.29) is 10.0 Å². The first-order valence-corrected chi connectivity index (χ1v) is 6.24. The van der Waals surface area contributed by atoms with Gasteiger partial charge in [0, 0.05) is 11.3 Å². The van der Waals surface area contributed by atoms with Gasteiger partial charge in [0.05, 0.1) is 10.2 Å². The van der Waals surface area contributed by atoms with Gasteiger partial charge in [-0.1, -0.05) is 11.6 Å². The predicted molar refractivity (Wildman–Crippen MR) is 63.5 cm³/mol. The van der Waals surface area contributed by atoms with Gasteiger partial charge in [-0.3, -0.25) is 4.79 Å². The molecule has 0 aromatic carbocycles. The monoisotopic (exact) mass is 289 g/mol. The molecule has 1 fully saturated rings. The molecule has 7 heteroatoms. The highest BCUT2D eigenvalue weighted by molar-refractivity contribution is 7.19. The molecule has 2 aromatic heterocycles. The Bertz CT molecular complexity index is 672. The van der Waals surface area contributed by atoms with Crippen molar-refractivity contribution in [3.05, 3.63) is 28.2 Å². The van der Waals surface area contributed by atoms with E-state index in [4.69, 9.17) is 16.7 Å². The molecule has 3 nitrogen and oxygen atoms in total. The van der Waals surface area contributed by atoms with Gasteiger partial charge in [0.15, 0.2) is 5.41 Å². The first kappa shape index (κ1) is 11.8. The molecule has 18 heavy (non-hydrogen) atoms. The van der Waals surface area contributed by atoms with Gasteiger partial charge < -0.3 is 5.11 Å². The molecule has 1 N–H and O–H groups in total. The van der Waals surface area contributed by atoms with Gasteiger partial charge in [0.25, 0.3) is 5.92 Å². The highest BCUT2D eigenvalue weighted by atomic mass is 35.5. The molecule has 1 aliphatic rings. The number of alkyl halides is 2. The van der Waals surface area contributed by atoms with Crippen LogP contribution in [-0.4, -0.2) is 22.0 Å². The van der Waals surface area contributed by atoms with Crippen molar-refractivity contribution in [3.63, 3.8) is 0 Å². The number of carboxylic acid groups (broad SMARTS) is 1. The minimum atomic E-state index is -3.19. The molecular weight excluding hydrogens is 284 g/mol. The van der Waals surface area contributed by atoms with Gasteiger partial charge >= 0.3 is 5.97 Å². The van der Waals surface area contributed by atoms with E-state index in [0.29, 0.717) is 10.2 Å². The quantitative estimate of drug-likeness (QED) is 0.863. The number of nitrogens with zero attached hydrogens (tertiary/aromatic N) is 1. The molecule has 0 spiro atoms. The predicted octanol–water partition coefficient (Wildman–Crippen LogP) is 3.31. The van der Waals surface area contributed by atoms with Crippen LogP contribution in [0.15, 0.2) is 18.2 Å². The van der Waals surface area contributed by atoms with Crippen LogP contribution in [0.25, 0.3) is 10.2 Å². The summed E-state index contributed by atoms with van der Waals surface area (Å²) in [6.07, 6.45) is -0.657. The molecule has 1 aliphatic carbocycles. The second-order valence-corrected chi connectivity index (χ2v) is 5.69. The molecule has 1 atom stereocenters. The third-order valence-corrected chi connectivity index (χ3v) is 4.57. The van der Waals surface area contributed by atoms with Crippen molar-refractivity contribution in [1.82, 2.24) is 4.98 Å². The summed E-state index contributed by atoms with van der Waals surface area (Å²) in [6, 6.07) is 4.58. The molecule has 0 bridgehead atoms. The second kappa shape index (κ2) is 3.39. The lowest BCUT2D eigenvalue weighted by Gasteiger charge is -2.07. The van der Waals surface area contributed by atoms with E-state index >= 15 is 0 Å². The molecule has 3 rings (SSSR count). The van der Waals surface area contributed by atoms with Crippen LogP contribution in [0.1, 0.15) is 11.3 Å². The first-order valence-electron chi connectivity index (χ1n) is 5.05. The van der Waals surface area contributed by atoms with Crippen molar-refractivity contribution in [2.75, 3.05) is 0 Å². The third-order valence-electron chi connectivity index (χ3n) is 3.11. The third kappa shape index (κ3) is 1.39. The largest absolute Gasteiger partial charge is 0.480 e. The Morgan fingerprint density at radius 3 is 2.72 bits per heavy atom. The number of rotatable bonds is 2. The Labute approximate surface area is 109 Å². The number of fused-ring (bicyclic) bond motifs is 1. The van der Waals surface area contributed by atoms with E-state index < -0.39 is 23.7 Å². The molecule has 1 saturated carbocycles. The number of thiophene rings is 1. The summed E-state index contributed by atoms with van der Waals surface area (Å²) in [5.41, 5.74) is -1.63. The van der Waals surface area contributed by atoms with Crippen LogP contribution in [0.3, 0.4) is 0 Å². The van der Waals surface area contributed by atoms with E-state index in [0.717, 1.165) is 11.3 Å². The summed E-state index contributed by atoms with van der Waals surface area (Å²) in [5.74, 6) is -4.69. The average molecular weight is 290 g/mol. The Balaban J connectivity index is 2.18. The van der Waals surface area contributed by atoms with Crippen molar-refractivity contribution in [3.8, 4) is 0 Å². The van der Waals surface area contributed by atoms with Gasteiger partial charge in [-0.05, 0) is 18.2 Å². The van der Waals surface area contributed by atoms with Gasteiger partial charge in [-0.2, -0.15) is 0 Å². The van der Waals surface area contributed by atoms with Gasteiger partial charge in [-0.15, -0.1) is 11.3 Å². The average Bonchev–Trinajstić information content (AvgIpc) is 2.67. The standard InChI is InChI=1S/C11H6ClF2NO2S/c12-8-2-1-6-5(15-8)3-7(18-6)10(9(16)17)4-11(10,13)14/h1-3H,4H2,(H,16,17). The lowest BCUT2D eigenvalue weighted by atomic mass is 10.0. The number of halogens is 3. The van der Waals surface area contributed by atoms with Crippen molar-refractivity contribution in [2.24, 2.45) is 0 Å². The normalized spacial score (nSPS) is 25.3. The van der Waals surface area contributed by atoms with Crippen LogP contribution in [0.2, 0.25) is 5.15 Å². The van der Waals surface area contributed by atoms with Gasteiger partial charge in [-0.25, -0.2) is 13.8 Å². The van der Waals surface area contributed by atoms with Crippen LogP contribution < -0.4 is 0 Å². The zero-order chi connectivity index (χ0) is 13.1. The highest BCUT2D eigenvalue weighted by Gasteiger charge is 2.78. The van der Waals surface area contributed by atoms with Crippen LogP contribution >= 0.6 is 22.9 Å². The smallest absolute Gasteiger partial charge is 0.321 e. The fourth-order valence-electron chi connectivity index (χ4n) is 2.00. The van der Waals surface area contributed by atoms with Crippen LogP contribution in [0.5, 0.6) is 0 Å². The lowest BCUT2D eigenvalue weighted by Crippen LogP contribution is -2.25. The van der Waals surface area contributed by atoms with Crippen LogP contribution in [0.4, 0.5) is 8.78 Å². The molecule has 2 aromatic rings. The zero-order valence-electron chi connectivity index (χ0n) is 8.78. The highest BCUT2D eigenvalue weighted by Crippen LogP contribution is 2.63. The fourth-order valence-corrected chi connectivity index (χ4v) is 3.39. The maximum absolute atomic E-state index is 13.4. The minimum absolute atomic E-state index is 0.129. The Morgan fingerprint density at radius 2 is 2.17 bits per heavy atom. The molecule has 0 amide bonds. The van der Waals surface area contributed by atoms with Crippen molar-refractivity contribution in [2.45, 2.75) is 17.8 Å². The molecule has 0 radical (unpaired) electrons. The maximum atomic E-state index is 13.4. The molecule has 1 unspecified atom stereocenters. The summed E-state index contributed by atoms with van der Waals surface area (Å²) in [6.45, 7) is 0. The zero-order valence-corrected chi connectivity index (χ0v) is 10.4. The number of carboxylic acids is 1. The molecule has 2 heterocycles. The Morgan fingerprint density at radius 1 is 1.50 bits per heavy atom. The number of aromatic nitrogens is 1. The summed E-state index contributed by atoms with van der Waals surface area (Å²) in [5, 5.41) is 9.30. The maximum Gasteiger partial charge on any atom is 0.321 e. The SMILES string of the molecule is O=C(O)C1(c2cc3nc(Cl)ccc3s2)CC1(F)F. The van der Waals surface area contributed by atoms with Crippen molar-refractivity contribution >= 4 is 39.1 Å². The number of hydrogen-bond donors (Lipinski definition) is 1. The molecule has 94 valence electrons. The summed E-state index contributed by atoms with van der Waals surface area (Å²) in [4.78, 5) is 15.2. The van der Waals surface area contributed by atoms with Crippen molar-refractivity contribution < 1.29 is 18.7 Å². The number of carbonyl (C=O) groups is 1. The molecular formula is C11H6ClF2NO2S. The van der Waals surface area contributed by atoms with E-state index in [9.17, 15) is 13.6 Å². The molecule has 0 aliphatic heterocycles. The van der Waals surface area contributed by atoms with Crippen molar-refractivity contribution in [1.29, 1.82) is 0 Å². The van der Waals surface area contributed by atoms with E-state index in [1.807, 2.05) is 0 Å².